The number of aliphatic carboxylic acids is 1. The first kappa shape index (κ1) is 15.7. The Morgan fingerprint density at radius 1 is 1.38 bits per heavy atom. The number of hydrogen-bond donors (Lipinski definition) is 1. The zero-order valence-electron chi connectivity index (χ0n) is 13.7. The summed E-state index contributed by atoms with van der Waals surface area (Å²) in [6.07, 6.45) is 6.97. The highest BCUT2D eigenvalue weighted by molar-refractivity contribution is 7.11. The SMILES string of the molecule is Cc1nnc2n1CC(C(=O)O)N(Cc1cnc(C3CCCC3)s1)C2. The molecule has 2 aromatic heterocycles. The number of aromatic nitrogens is 4. The average molecular weight is 347 g/mol. The monoisotopic (exact) mass is 347 g/mol. The summed E-state index contributed by atoms with van der Waals surface area (Å²) in [7, 11) is 0. The third-order valence-electron chi connectivity index (χ3n) is 5.07. The Kier molecular flexibility index (Phi) is 4.09. The van der Waals surface area contributed by atoms with Crippen LogP contribution >= 0.6 is 11.3 Å². The topological polar surface area (TPSA) is 84.1 Å². The summed E-state index contributed by atoms with van der Waals surface area (Å²) in [5.74, 6) is 1.42. The van der Waals surface area contributed by atoms with Gasteiger partial charge in [0.15, 0.2) is 0 Å². The van der Waals surface area contributed by atoms with Gasteiger partial charge in [-0.25, -0.2) is 4.98 Å². The molecule has 1 unspecified atom stereocenters. The Hall–Kier alpha value is -1.80. The van der Waals surface area contributed by atoms with E-state index in [0.29, 0.717) is 25.6 Å². The molecule has 24 heavy (non-hydrogen) atoms. The molecule has 7 nitrogen and oxygen atoms in total. The van der Waals surface area contributed by atoms with E-state index >= 15 is 0 Å². The quantitative estimate of drug-likeness (QED) is 0.912. The smallest absolute Gasteiger partial charge is 0.322 e. The molecule has 1 saturated carbocycles. The van der Waals surface area contributed by atoms with Gasteiger partial charge < -0.3 is 9.67 Å². The van der Waals surface area contributed by atoms with Crippen LogP contribution in [0.5, 0.6) is 0 Å². The minimum atomic E-state index is -0.797. The molecule has 1 aliphatic carbocycles. The normalized spacial score (nSPS) is 22.0. The summed E-state index contributed by atoms with van der Waals surface area (Å²) >= 11 is 1.74. The fraction of sp³-hybridized carbons (Fsp3) is 0.625. The van der Waals surface area contributed by atoms with Gasteiger partial charge in [0.1, 0.15) is 17.7 Å². The third kappa shape index (κ3) is 2.84. The molecular formula is C16H21N5O2S. The highest BCUT2D eigenvalue weighted by Crippen LogP contribution is 2.36. The molecule has 0 spiro atoms. The van der Waals surface area contributed by atoms with Crippen LogP contribution < -0.4 is 0 Å². The lowest BCUT2D eigenvalue weighted by Crippen LogP contribution is -2.47. The van der Waals surface area contributed by atoms with Crippen molar-refractivity contribution in [1.82, 2.24) is 24.6 Å². The molecule has 1 fully saturated rings. The lowest BCUT2D eigenvalue weighted by Gasteiger charge is -2.32. The van der Waals surface area contributed by atoms with E-state index in [9.17, 15) is 9.90 Å². The molecule has 0 amide bonds. The molecule has 3 heterocycles. The van der Waals surface area contributed by atoms with Gasteiger partial charge in [0.2, 0.25) is 0 Å². The van der Waals surface area contributed by atoms with Crippen molar-refractivity contribution in [2.45, 2.75) is 64.2 Å². The van der Waals surface area contributed by atoms with Gasteiger partial charge in [-0.15, -0.1) is 21.5 Å². The van der Waals surface area contributed by atoms with Crippen LogP contribution in [-0.4, -0.2) is 41.8 Å². The summed E-state index contributed by atoms with van der Waals surface area (Å²) in [5.41, 5.74) is 0. The van der Waals surface area contributed by atoms with Crippen LogP contribution in [0.2, 0.25) is 0 Å². The van der Waals surface area contributed by atoms with Crippen molar-refractivity contribution in [1.29, 1.82) is 0 Å². The molecule has 0 aromatic carbocycles. The standard InChI is InChI=1S/C16H21N5O2S/c1-10-18-19-14-9-20(13(16(22)23)8-21(10)14)7-12-6-17-15(24-12)11-4-2-3-5-11/h6,11,13H,2-5,7-9H2,1H3,(H,22,23). The molecule has 1 N–H and O–H groups in total. The Morgan fingerprint density at radius 3 is 2.92 bits per heavy atom. The van der Waals surface area contributed by atoms with Crippen molar-refractivity contribution >= 4 is 17.3 Å². The maximum absolute atomic E-state index is 11.7. The summed E-state index contributed by atoms with van der Waals surface area (Å²) in [6.45, 7) is 3.38. The van der Waals surface area contributed by atoms with Gasteiger partial charge in [0.05, 0.1) is 18.1 Å². The number of fused-ring (bicyclic) bond motifs is 1. The van der Waals surface area contributed by atoms with Crippen LogP contribution in [0.3, 0.4) is 0 Å². The Balaban J connectivity index is 1.53. The zero-order valence-corrected chi connectivity index (χ0v) is 14.5. The first-order valence-electron chi connectivity index (χ1n) is 8.42. The molecule has 1 atom stereocenters. The molecule has 0 saturated heterocycles. The van der Waals surface area contributed by atoms with Crippen molar-refractivity contribution in [3.63, 3.8) is 0 Å². The molecule has 4 rings (SSSR count). The van der Waals surface area contributed by atoms with Crippen LogP contribution in [0.4, 0.5) is 0 Å². The maximum Gasteiger partial charge on any atom is 0.322 e. The molecule has 0 bridgehead atoms. The van der Waals surface area contributed by atoms with Crippen molar-refractivity contribution in [2.75, 3.05) is 0 Å². The third-order valence-corrected chi connectivity index (χ3v) is 6.22. The number of carboxylic acid groups (broad SMARTS) is 1. The lowest BCUT2D eigenvalue weighted by atomic mass is 10.1. The zero-order chi connectivity index (χ0) is 16.7. The Bertz CT molecular complexity index is 749. The number of nitrogens with zero attached hydrogens (tertiary/aromatic N) is 5. The van der Waals surface area contributed by atoms with Crippen molar-refractivity contribution in [3.8, 4) is 0 Å². The van der Waals surface area contributed by atoms with E-state index in [1.807, 2.05) is 22.6 Å². The maximum atomic E-state index is 11.7. The van der Waals surface area contributed by atoms with Crippen LogP contribution in [0.1, 0.15) is 53.1 Å². The van der Waals surface area contributed by atoms with E-state index in [1.165, 1.54) is 30.7 Å². The van der Waals surface area contributed by atoms with Gasteiger partial charge in [-0.2, -0.15) is 0 Å². The first-order valence-corrected chi connectivity index (χ1v) is 9.23. The van der Waals surface area contributed by atoms with Gasteiger partial charge in [0, 0.05) is 23.5 Å². The van der Waals surface area contributed by atoms with E-state index in [0.717, 1.165) is 16.5 Å². The fourth-order valence-electron chi connectivity index (χ4n) is 3.72. The van der Waals surface area contributed by atoms with E-state index in [4.69, 9.17) is 0 Å². The van der Waals surface area contributed by atoms with E-state index in [-0.39, 0.29) is 0 Å². The second-order valence-corrected chi connectivity index (χ2v) is 7.83. The summed E-state index contributed by atoms with van der Waals surface area (Å²) < 4.78 is 1.91. The number of carbonyl (C=O) groups is 1. The van der Waals surface area contributed by atoms with E-state index in [2.05, 4.69) is 15.2 Å². The first-order chi connectivity index (χ1) is 11.6. The minimum Gasteiger partial charge on any atom is -0.480 e. The summed E-state index contributed by atoms with van der Waals surface area (Å²) in [4.78, 5) is 19.4. The highest BCUT2D eigenvalue weighted by Gasteiger charge is 2.33. The largest absolute Gasteiger partial charge is 0.480 e. The number of thiazole rings is 1. The van der Waals surface area contributed by atoms with Gasteiger partial charge in [0.25, 0.3) is 0 Å². The van der Waals surface area contributed by atoms with Crippen LogP contribution in [-0.2, 0) is 24.4 Å². The lowest BCUT2D eigenvalue weighted by molar-refractivity contribution is -0.145. The molecule has 8 heteroatoms. The van der Waals surface area contributed by atoms with Gasteiger partial charge in [-0.3, -0.25) is 9.69 Å². The number of hydrogen-bond acceptors (Lipinski definition) is 6. The Morgan fingerprint density at radius 2 is 2.17 bits per heavy atom. The number of rotatable bonds is 4. The minimum absolute atomic E-state index is 0.401. The average Bonchev–Trinajstić information content (AvgIpc) is 3.28. The summed E-state index contributed by atoms with van der Waals surface area (Å²) in [5, 5.41) is 19.1. The van der Waals surface area contributed by atoms with Crippen LogP contribution in [0.25, 0.3) is 0 Å². The van der Waals surface area contributed by atoms with Gasteiger partial charge >= 0.3 is 5.97 Å². The highest BCUT2D eigenvalue weighted by atomic mass is 32.1. The predicted molar refractivity (Wildman–Crippen MR) is 88.8 cm³/mol. The molecule has 2 aromatic rings. The number of aryl methyl sites for hydroxylation is 1. The van der Waals surface area contributed by atoms with Crippen molar-refractivity contribution < 1.29 is 9.90 Å². The van der Waals surface area contributed by atoms with E-state index < -0.39 is 12.0 Å². The number of carboxylic acids is 1. The predicted octanol–water partition coefficient (Wildman–Crippen LogP) is 2.17. The molecule has 0 radical (unpaired) electrons. The van der Waals surface area contributed by atoms with Gasteiger partial charge in [-0.05, 0) is 19.8 Å². The van der Waals surface area contributed by atoms with Crippen LogP contribution in [0, 0.1) is 6.92 Å². The molecule has 128 valence electrons. The molecular weight excluding hydrogens is 326 g/mol. The van der Waals surface area contributed by atoms with Gasteiger partial charge in [-0.1, -0.05) is 12.8 Å². The van der Waals surface area contributed by atoms with Crippen LogP contribution in [0.15, 0.2) is 6.20 Å². The summed E-state index contributed by atoms with van der Waals surface area (Å²) in [6, 6.07) is -0.552. The van der Waals surface area contributed by atoms with E-state index in [1.54, 1.807) is 11.3 Å². The van der Waals surface area contributed by atoms with Crippen molar-refractivity contribution in [3.05, 3.63) is 27.7 Å². The second kappa shape index (κ2) is 6.25. The Labute approximate surface area is 144 Å². The molecule has 1 aliphatic heterocycles. The fourth-order valence-corrected chi connectivity index (χ4v) is 4.83. The van der Waals surface area contributed by atoms with Crippen molar-refractivity contribution in [2.24, 2.45) is 0 Å². The second-order valence-electron chi connectivity index (χ2n) is 6.68. The molecule has 2 aliphatic rings.